The predicted molar refractivity (Wildman–Crippen MR) is 117 cm³/mol. The molecule has 0 aromatic heterocycles. The Bertz CT molecular complexity index is 644. The Kier molecular flexibility index (Phi) is 9.10. The Morgan fingerprint density at radius 2 is 1.70 bits per heavy atom. The lowest BCUT2D eigenvalue weighted by Crippen LogP contribution is -2.22. The molecule has 0 radical (unpaired) electrons. The Morgan fingerprint density at radius 3 is 2.33 bits per heavy atom. The van der Waals surface area contributed by atoms with E-state index in [4.69, 9.17) is 4.74 Å². The molecule has 0 N–H and O–H groups in total. The highest BCUT2D eigenvalue weighted by Crippen LogP contribution is 2.39. The van der Waals surface area contributed by atoms with Crippen molar-refractivity contribution in [1.82, 2.24) is 0 Å². The minimum Gasteiger partial charge on any atom is -0.378 e. The first-order valence-electron chi connectivity index (χ1n) is 12.2. The molecule has 0 bridgehead atoms. The summed E-state index contributed by atoms with van der Waals surface area (Å²) in [5, 5.41) is 0. The van der Waals surface area contributed by atoms with E-state index in [1.165, 1.54) is 25.7 Å². The van der Waals surface area contributed by atoms with Gasteiger partial charge in [-0.25, -0.2) is 13.2 Å². The van der Waals surface area contributed by atoms with Crippen LogP contribution in [0.1, 0.15) is 114 Å². The zero-order valence-electron chi connectivity index (χ0n) is 18.8. The zero-order valence-corrected chi connectivity index (χ0v) is 18.8. The van der Waals surface area contributed by atoms with Crippen LogP contribution in [0.2, 0.25) is 0 Å². The van der Waals surface area contributed by atoms with Crippen LogP contribution in [0.3, 0.4) is 0 Å². The Labute approximate surface area is 180 Å². The molecule has 3 rings (SSSR count). The summed E-state index contributed by atoms with van der Waals surface area (Å²) < 4.78 is 48.5. The maximum Gasteiger partial charge on any atom is 0.266 e. The van der Waals surface area contributed by atoms with Gasteiger partial charge in [0.15, 0.2) is 0 Å². The normalized spacial score (nSPS) is 27.5. The highest BCUT2D eigenvalue weighted by atomic mass is 19.3. The van der Waals surface area contributed by atoms with E-state index >= 15 is 4.39 Å². The predicted octanol–water partition coefficient (Wildman–Crippen LogP) is 8.37. The molecule has 0 heterocycles. The Morgan fingerprint density at radius 1 is 1.00 bits per heavy atom. The van der Waals surface area contributed by atoms with Crippen molar-refractivity contribution in [1.29, 1.82) is 0 Å². The highest BCUT2D eigenvalue weighted by molar-refractivity contribution is 5.37. The molecule has 170 valence electrons. The average Bonchev–Trinajstić information content (AvgIpc) is 2.73. The van der Waals surface area contributed by atoms with E-state index in [9.17, 15) is 8.78 Å². The van der Waals surface area contributed by atoms with Crippen LogP contribution in [0.25, 0.3) is 0 Å². The van der Waals surface area contributed by atoms with E-state index < -0.39 is 12.2 Å². The van der Waals surface area contributed by atoms with Crippen molar-refractivity contribution in [2.75, 3.05) is 6.61 Å². The van der Waals surface area contributed by atoms with Crippen molar-refractivity contribution < 1.29 is 17.9 Å². The lowest BCUT2D eigenvalue weighted by atomic mass is 9.78. The monoisotopic (exact) mass is 424 g/mol. The number of hydrogen-bond acceptors (Lipinski definition) is 1. The molecule has 1 nitrogen and oxygen atoms in total. The molecule has 0 unspecified atom stereocenters. The van der Waals surface area contributed by atoms with E-state index in [1.807, 2.05) is 0 Å². The number of hydrogen-bond donors (Lipinski definition) is 0. The maximum atomic E-state index is 15.1. The minimum absolute atomic E-state index is 0.0823. The third-order valence-corrected chi connectivity index (χ3v) is 7.41. The van der Waals surface area contributed by atoms with Gasteiger partial charge in [0.1, 0.15) is 5.82 Å². The van der Waals surface area contributed by atoms with E-state index in [1.54, 1.807) is 12.1 Å². The maximum absolute atomic E-state index is 15.1. The Hall–Kier alpha value is -1.03. The Balaban J connectivity index is 1.52. The first-order chi connectivity index (χ1) is 14.5. The van der Waals surface area contributed by atoms with E-state index in [-0.39, 0.29) is 11.5 Å². The number of aryl methyl sites for hydroxylation is 1. The topological polar surface area (TPSA) is 9.23 Å². The largest absolute Gasteiger partial charge is 0.378 e. The first kappa shape index (κ1) is 23.6. The molecule has 0 amide bonds. The van der Waals surface area contributed by atoms with E-state index in [0.717, 1.165) is 44.4 Å². The van der Waals surface area contributed by atoms with Crippen LogP contribution in [-0.2, 0) is 11.2 Å². The third kappa shape index (κ3) is 6.24. The SMILES string of the molecule is CCCC1CCC(OCCCc2ccc(C3CCC(C)CC3)c(F)c2C(F)F)CC1. The first-order valence-corrected chi connectivity index (χ1v) is 12.2. The standard InChI is InChI=1S/C26H39F3O/c1-3-5-19-9-14-22(15-10-19)30-17-4-6-21-13-16-23(25(27)24(21)26(28)29)20-11-7-18(2)8-12-20/h13,16,18-20,22,26H,3-12,14-15,17H2,1-2H3. The van der Waals surface area contributed by atoms with Gasteiger partial charge < -0.3 is 4.74 Å². The number of ether oxygens (including phenoxy) is 1. The second-order valence-corrected chi connectivity index (χ2v) is 9.70. The van der Waals surface area contributed by atoms with Crippen molar-refractivity contribution in [3.05, 3.63) is 34.6 Å². The fraction of sp³-hybridized carbons (Fsp3) is 0.769. The minimum atomic E-state index is -2.77. The molecule has 0 spiro atoms. The molecule has 1 aromatic carbocycles. The van der Waals surface area contributed by atoms with E-state index in [2.05, 4.69) is 13.8 Å². The van der Waals surface area contributed by atoms with Crippen molar-refractivity contribution in [3.8, 4) is 0 Å². The quantitative estimate of drug-likeness (QED) is 0.362. The van der Waals surface area contributed by atoms with Crippen molar-refractivity contribution >= 4 is 0 Å². The van der Waals surface area contributed by atoms with E-state index in [0.29, 0.717) is 42.6 Å². The number of benzene rings is 1. The lowest BCUT2D eigenvalue weighted by molar-refractivity contribution is 0.0160. The van der Waals surface area contributed by atoms with Gasteiger partial charge in [-0.2, -0.15) is 0 Å². The molecule has 30 heavy (non-hydrogen) atoms. The molecule has 4 heteroatoms. The number of alkyl halides is 2. The number of rotatable bonds is 9. The number of halogens is 3. The molecule has 0 saturated heterocycles. The van der Waals surface area contributed by atoms with Gasteiger partial charge in [-0.3, -0.25) is 0 Å². The molecular weight excluding hydrogens is 385 g/mol. The fourth-order valence-corrected chi connectivity index (χ4v) is 5.50. The van der Waals surface area contributed by atoms with Crippen molar-refractivity contribution in [3.63, 3.8) is 0 Å². The van der Waals surface area contributed by atoms with Crippen LogP contribution in [0.15, 0.2) is 12.1 Å². The van der Waals surface area contributed by atoms with Gasteiger partial charge in [0.2, 0.25) is 0 Å². The smallest absolute Gasteiger partial charge is 0.266 e. The molecule has 2 fully saturated rings. The summed E-state index contributed by atoms with van der Waals surface area (Å²) in [6.45, 7) is 5.01. The second kappa shape index (κ2) is 11.5. The molecule has 0 aliphatic heterocycles. The second-order valence-electron chi connectivity index (χ2n) is 9.70. The van der Waals surface area contributed by atoms with Crippen LogP contribution in [0.4, 0.5) is 13.2 Å². The summed E-state index contributed by atoms with van der Waals surface area (Å²) in [5.74, 6) is 0.924. The van der Waals surface area contributed by atoms with Gasteiger partial charge in [0, 0.05) is 6.61 Å². The van der Waals surface area contributed by atoms with Crippen LogP contribution in [-0.4, -0.2) is 12.7 Å². The van der Waals surface area contributed by atoms with Crippen molar-refractivity contribution in [2.45, 2.75) is 109 Å². The summed E-state index contributed by atoms with van der Waals surface area (Å²) >= 11 is 0. The summed E-state index contributed by atoms with van der Waals surface area (Å²) in [4.78, 5) is 0. The summed E-state index contributed by atoms with van der Waals surface area (Å²) in [6.07, 6.45) is 9.79. The molecule has 1 aromatic rings. The summed E-state index contributed by atoms with van der Waals surface area (Å²) in [6, 6.07) is 3.51. The fourth-order valence-electron chi connectivity index (χ4n) is 5.50. The van der Waals surface area contributed by atoms with Gasteiger partial charge in [0.25, 0.3) is 6.43 Å². The van der Waals surface area contributed by atoms with Gasteiger partial charge in [-0.1, -0.05) is 51.7 Å². The third-order valence-electron chi connectivity index (χ3n) is 7.41. The van der Waals surface area contributed by atoms with Crippen LogP contribution in [0.5, 0.6) is 0 Å². The van der Waals surface area contributed by atoms with Gasteiger partial charge in [-0.15, -0.1) is 0 Å². The lowest BCUT2D eigenvalue weighted by Gasteiger charge is -2.28. The van der Waals surface area contributed by atoms with Crippen LogP contribution >= 0.6 is 0 Å². The zero-order chi connectivity index (χ0) is 21.5. The van der Waals surface area contributed by atoms with Crippen molar-refractivity contribution in [2.24, 2.45) is 11.8 Å². The summed E-state index contributed by atoms with van der Waals surface area (Å²) in [7, 11) is 0. The average molecular weight is 425 g/mol. The highest BCUT2D eigenvalue weighted by Gasteiger charge is 2.27. The summed E-state index contributed by atoms with van der Waals surface area (Å²) in [5.41, 5.74) is 0.581. The van der Waals surface area contributed by atoms with Crippen LogP contribution < -0.4 is 0 Å². The van der Waals surface area contributed by atoms with Gasteiger partial charge >= 0.3 is 0 Å². The molecule has 0 atom stereocenters. The van der Waals surface area contributed by atoms with Crippen LogP contribution in [0, 0.1) is 17.7 Å². The molecule has 2 aliphatic rings. The molecular formula is C26H39F3O. The van der Waals surface area contributed by atoms with Gasteiger partial charge in [0.05, 0.1) is 11.7 Å². The van der Waals surface area contributed by atoms with Gasteiger partial charge in [-0.05, 0) is 80.2 Å². The molecule has 2 saturated carbocycles. The molecule has 2 aliphatic carbocycles.